The third kappa shape index (κ3) is 10.4. The molecule has 0 unspecified atom stereocenters. The fourth-order valence-corrected chi connectivity index (χ4v) is 2.97. The summed E-state index contributed by atoms with van der Waals surface area (Å²) in [6.07, 6.45) is 0. The predicted octanol–water partition coefficient (Wildman–Crippen LogP) is 1.52. The molecule has 0 saturated heterocycles. The van der Waals surface area contributed by atoms with Crippen molar-refractivity contribution in [3.8, 4) is 11.5 Å². The van der Waals surface area contributed by atoms with Gasteiger partial charge in [-0.05, 0) is 39.0 Å². The number of carbonyl (C=O) groups is 5. The van der Waals surface area contributed by atoms with E-state index in [2.05, 4.69) is 21.0 Å². The second kappa shape index (κ2) is 13.9. The van der Waals surface area contributed by atoms with Crippen LogP contribution in [0.1, 0.15) is 50.7 Å². The topological polar surface area (TPSA) is 198 Å². The van der Waals surface area contributed by atoms with Crippen molar-refractivity contribution in [3.05, 3.63) is 34.8 Å². The molecule has 1 aromatic carbocycles. The van der Waals surface area contributed by atoms with Crippen LogP contribution in [-0.2, 0) is 28.8 Å². The Morgan fingerprint density at radius 3 is 2.21 bits per heavy atom. The molecule has 38 heavy (non-hydrogen) atoms. The van der Waals surface area contributed by atoms with E-state index in [1.54, 1.807) is 20.8 Å². The van der Waals surface area contributed by atoms with Gasteiger partial charge in [0.25, 0.3) is 11.8 Å². The van der Waals surface area contributed by atoms with Gasteiger partial charge in [0.2, 0.25) is 5.71 Å². The minimum atomic E-state index is -0.840. The summed E-state index contributed by atoms with van der Waals surface area (Å²) in [6.45, 7) is 6.58. The molecule has 14 nitrogen and oxygen atoms in total. The zero-order valence-electron chi connectivity index (χ0n) is 21.0. The van der Waals surface area contributed by atoms with Crippen molar-refractivity contribution in [1.82, 2.24) is 15.8 Å². The van der Waals surface area contributed by atoms with Crippen LogP contribution in [0.3, 0.4) is 0 Å². The number of oxime groups is 1. The summed E-state index contributed by atoms with van der Waals surface area (Å²) in [5.74, 6) is -4.06. The summed E-state index contributed by atoms with van der Waals surface area (Å²) in [5.41, 5.74) is 8.79. The van der Waals surface area contributed by atoms with E-state index in [4.69, 9.17) is 24.8 Å². The molecule has 2 aromatic rings. The molecule has 0 aliphatic carbocycles. The molecule has 0 fully saturated rings. The molecular formula is C22H26ClN5O9S. The van der Waals surface area contributed by atoms with Crippen molar-refractivity contribution in [3.63, 3.8) is 0 Å². The number of ether oxygens (including phenoxy) is 3. The first-order valence-corrected chi connectivity index (χ1v) is 11.4. The third-order valence-electron chi connectivity index (χ3n) is 3.74. The van der Waals surface area contributed by atoms with Gasteiger partial charge in [0.05, 0.1) is 0 Å². The SMILES string of the molecule is CC(=O)Oc1ccc(C(=O)NNC(=O)CO/N=C(\C(=O)OC(C)(C)C)c2csc(N)n2)cc1OC(C)=O.Cl. The highest BCUT2D eigenvalue weighted by atomic mass is 35.5. The van der Waals surface area contributed by atoms with Gasteiger partial charge >= 0.3 is 17.9 Å². The lowest BCUT2D eigenvalue weighted by atomic mass is 10.2. The number of anilines is 1. The normalized spacial score (nSPS) is 10.9. The Balaban J connectivity index is 0.00000722. The molecule has 2 amide bonds. The molecule has 16 heteroatoms. The number of esters is 3. The molecule has 0 saturated carbocycles. The monoisotopic (exact) mass is 571 g/mol. The largest absolute Gasteiger partial charge is 0.455 e. The number of hydrazine groups is 1. The maximum absolute atomic E-state index is 12.5. The lowest BCUT2D eigenvalue weighted by Crippen LogP contribution is -2.43. The number of benzene rings is 1. The van der Waals surface area contributed by atoms with E-state index in [1.807, 2.05) is 0 Å². The maximum Gasteiger partial charge on any atom is 0.363 e. The number of hydrogen-bond acceptors (Lipinski definition) is 13. The number of thiazole rings is 1. The molecule has 0 bridgehead atoms. The minimum Gasteiger partial charge on any atom is -0.455 e. The molecule has 0 radical (unpaired) electrons. The first-order chi connectivity index (χ1) is 17.2. The molecule has 2 rings (SSSR count). The zero-order chi connectivity index (χ0) is 27.8. The highest BCUT2D eigenvalue weighted by Crippen LogP contribution is 2.29. The van der Waals surface area contributed by atoms with Crippen molar-refractivity contribution in [2.75, 3.05) is 12.3 Å². The molecule has 0 aliphatic heterocycles. The summed E-state index contributed by atoms with van der Waals surface area (Å²) in [6, 6.07) is 3.67. The summed E-state index contributed by atoms with van der Waals surface area (Å²) in [7, 11) is 0. The zero-order valence-corrected chi connectivity index (χ0v) is 22.6. The van der Waals surface area contributed by atoms with Crippen LogP contribution in [0.5, 0.6) is 11.5 Å². The smallest absolute Gasteiger partial charge is 0.363 e. The lowest BCUT2D eigenvalue weighted by Gasteiger charge is -2.19. The molecule has 1 aromatic heterocycles. The molecule has 0 spiro atoms. The second-order valence-corrected chi connectivity index (χ2v) is 9.03. The number of carbonyl (C=O) groups excluding carboxylic acids is 5. The highest BCUT2D eigenvalue weighted by Gasteiger charge is 2.25. The summed E-state index contributed by atoms with van der Waals surface area (Å²) >= 11 is 1.07. The van der Waals surface area contributed by atoms with Crippen LogP contribution >= 0.6 is 23.7 Å². The minimum absolute atomic E-state index is 0. The number of halogens is 1. The van der Waals surface area contributed by atoms with Gasteiger partial charge in [-0.3, -0.25) is 30.0 Å². The Hall–Kier alpha value is -4.24. The van der Waals surface area contributed by atoms with Gasteiger partial charge in [0, 0.05) is 24.8 Å². The van der Waals surface area contributed by atoms with Crippen molar-refractivity contribution in [2.24, 2.45) is 5.16 Å². The average molecular weight is 572 g/mol. The van der Waals surface area contributed by atoms with Gasteiger partial charge in [-0.1, -0.05) is 5.16 Å². The van der Waals surface area contributed by atoms with E-state index in [1.165, 1.54) is 17.5 Å². The number of amides is 2. The van der Waals surface area contributed by atoms with E-state index >= 15 is 0 Å². The number of nitrogens with zero attached hydrogens (tertiary/aromatic N) is 2. The Bertz CT molecular complexity index is 1240. The molecule has 206 valence electrons. The maximum atomic E-state index is 12.5. The first kappa shape index (κ1) is 31.8. The Morgan fingerprint density at radius 2 is 1.66 bits per heavy atom. The Labute approximate surface area is 227 Å². The molecular weight excluding hydrogens is 546 g/mol. The predicted molar refractivity (Wildman–Crippen MR) is 137 cm³/mol. The summed E-state index contributed by atoms with van der Waals surface area (Å²) < 4.78 is 15.2. The van der Waals surface area contributed by atoms with Crippen molar-refractivity contribution < 1.29 is 43.0 Å². The standard InChI is InChI=1S/C22H25N5O9S.ClH/c1-11(28)34-15-7-6-13(8-16(15)35-12(2)29)19(31)26-25-17(30)9-33-27-18(14-10-37-21(23)24-14)20(32)36-22(3,4)5;/h6-8,10H,9H2,1-5H3,(H2,23,24)(H,25,30)(H,26,31);1H/b27-18-;. The highest BCUT2D eigenvalue weighted by molar-refractivity contribution is 7.13. The van der Waals surface area contributed by atoms with Gasteiger partial charge in [-0.2, -0.15) is 0 Å². The molecule has 4 N–H and O–H groups in total. The van der Waals surface area contributed by atoms with Crippen molar-refractivity contribution >= 4 is 64.3 Å². The van der Waals surface area contributed by atoms with E-state index < -0.39 is 41.9 Å². The molecule has 0 atom stereocenters. The molecule has 0 aliphatic rings. The van der Waals surface area contributed by atoms with Gasteiger partial charge in [0.1, 0.15) is 11.3 Å². The Morgan fingerprint density at radius 1 is 1.03 bits per heavy atom. The van der Waals surface area contributed by atoms with Gasteiger partial charge in [0.15, 0.2) is 23.2 Å². The third-order valence-corrected chi connectivity index (χ3v) is 4.41. The quantitative estimate of drug-likeness (QED) is 0.180. The summed E-state index contributed by atoms with van der Waals surface area (Å²) in [4.78, 5) is 68.4. The lowest BCUT2D eigenvalue weighted by molar-refractivity contribution is -0.146. The number of rotatable bonds is 8. The van der Waals surface area contributed by atoms with E-state index in [9.17, 15) is 24.0 Å². The van der Waals surface area contributed by atoms with Crippen LogP contribution in [0.15, 0.2) is 28.7 Å². The van der Waals surface area contributed by atoms with E-state index in [-0.39, 0.29) is 46.0 Å². The van der Waals surface area contributed by atoms with E-state index in [0.717, 1.165) is 31.3 Å². The summed E-state index contributed by atoms with van der Waals surface area (Å²) in [5, 5.41) is 5.31. The average Bonchev–Trinajstić information content (AvgIpc) is 3.20. The van der Waals surface area contributed by atoms with Gasteiger partial charge < -0.3 is 24.8 Å². The van der Waals surface area contributed by atoms with Crippen molar-refractivity contribution in [2.45, 2.75) is 40.2 Å². The fraction of sp³-hybridized carbons (Fsp3) is 0.318. The van der Waals surface area contributed by atoms with Crippen LogP contribution in [0.4, 0.5) is 5.13 Å². The number of aromatic nitrogens is 1. The second-order valence-electron chi connectivity index (χ2n) is 8.14. The van der Waals surface area contributed by atoms with Gasteiger partial charge in [-0.15, -0.1) is 23.7 Å². The van der Waals surface area contributed by atoms with Crippen LogP contribution in [0.25, 0.3) is 0 Å². The Kier molecular flexibility index (Phi) is 11.6. The number of hydrogen-bond donors (Lipinski definition) is 3. The number of nitrogen functional groups attached to an aromatic ring is 1. The van der Waals surface area contributed by atoms with Crippen LogP contribution < -0.4 is 26.1 Å². The number of nitrogens with one attached hydrogen (secondary N) is 2. The van der Waals surface area contributed by atoms with Gasteiger partial charge in [-0.25, -0.2) is 9.78 Å². The van der Waals surface area contributed by atoms with Crippen molar-refractivity contribution in [1.29, 1.82) is 0 Å². The van der Waals surface area contributed by atoms with Crippen LogP contribution in [0.2, 0.25) is 0 Å². The fourth-order valence-electron chi connectivity index (χ4n) is 2.42. The molecule has 1 heterocycles. The first-order valence-electron chi connectivity index (χ1n) is 10.5. The van der Waals surface area contributed by atoms with Crippen LogP contribution in [0, 0.1) is 0 Å². The number of nitrogens with two attached hydrogens (primary N) is 1. The van der Waals surface area contributed by atoms with E-state index in [0.29, 0.717) is 0 Å². The van der Waals surface area contributed by atoms with Crippen LogP contribution in [-0.4, -0.2) is 52.6 Å².